The third-order valence-corrected chi connectivity index (χ3v) is 7.44. The van der Waals surface area contributed by atoms with Crippen molar-refractivity contribution in [2.45, 2.75) is 30.6 Å². The third kappa shape index (κ3) is 2.76. The zero-order chi connectivity index (χ0) is 21.1. The smallest absolute Gasteiger partial charge is 0.333 e. The molecule has 11 heteroatoms. The second kappa shape index (κ2) is 6.62. The lowest BCUT2D eigenvalue weighted by Crippen LogP contribution is -2.61. The predicted octanol–water partition coefficient (Wildman–Crippen LogP) is 2.47. The molecule has 0 amide bonds. The Labute approximate surface area is 171 Å². The molecule has 5 rings (SSSR count). The van der Waals surface area contributed by atoms with Crippen LogP contribution in [0.15, 0.2) is 47.6 Å². The molecule has 3 aromatic rings. The fourth-order valence-corrected chi connectivity index (χ4v) is 5.55. The Bertz CT molecular complexity index is 1220. The van der Waals surface area contributed by atoms with Crippen molar-refractivity contribution in [2.75, 3.05) is 13.1 Å². The Morgan fingerprint density at radius 2 is 1.90 bits per heavy atom. The largest absolute Gasteiger partial charge is 0.361 e. The van der Waals surface area contributed by atoms with Gasteiger partial charge in [-0.1, -0.05) is 30.3 Å². The van der Waals surface area contributed by atoms with Gasteiger partial charge >= 0.3 is 6.55 Å². The van der Waals surface area contributed by atoms with Gasteiger partial charge in [0.15, 0.2) is 5.82 Å². The van der Waals surface area contributed by atoms with Crippen LogP contribution in [0.25, 0.3) is 11.4 Å². The van der Waals surface area contributed by atoms with Crippen molar-refractivity contribution in [2.24, 2.45) is 0 Å². The Hall–Kier alpha value is -2.76. The number of aromatic nitrogens is 4. The van der Waals surface area contributed by atoms with Crippen LogP contribution >= 0.6 is 0 Å². The van der Waals surface area contributed by atoms with Gasteiger partial charge in [0.2, 0.25) is 10.0 Å². The van der Waals surface area contributed by atoms with Crippen LogP contribution in [-0.2, 0) is 27.0 Å². The fourth-order valence-electron chi connectivity index (χ4n) is 3.87. The summed E-state index contributed by atoms with van der Waals surface area (Å²) < 4.78 is 59.2. The van der Waals surface area contributed by atoms with Gasteiger partial charge in [-0.3, -0.25) is 0 Å². The second-order valence-corrected chi connectivity index (χ2v) is 9.20. The molecule has 1 fully saturated rings. The monoisotopic (exact) mass is 433 g/mol. The van der Waals surface area contributed by atoms with E-state index in [1.165, 1.54) is 11.2 Å². The predicted molar refractivity (Wildman–Crippen MR) is 101 cm³/mol. The number of halogens is 2. The molecule has 1 aromatic carbocycles. The highest BCUT2D eigenvalue weighted by Crippen LogP contribution is 2.45. The summed E-state index contributed by atoms with van der Waals surface area (Å²) >= 11 is 0. The molecule has 4 heterocycles. The highest BCUT2D eigenvalue weighted by molar-refractivity contribution is 7.89. The van der Waals surface area contributed by atoms with Crippen LogP contribution < -0.4 is 0 Å². The van der Waals surface area contributed by atoms with Crippen molar-refractivity contribution in [1.82, 2.24) is 24.1 Å². The maximum Gasteiger partial charge on any atom is 0.333 e. The molecule has 0 bridgehead atoms. The molecule has 0 radical (unpaired) electrons. The fraction of sp³-hybridized carbons (Fsp3) is 0.316. The summed E-state index contributed by atoms with van der Waals surface area (Å²) in [5, 5.41) is 3.50. The molecule has 30 heavy (non-hydrogen) atoms. The number of hydrogen-bond acceptors (Lipinski definition) is 6. The Balaban J connectivity index is 1.40. The van der Waals surface area contributed by atoms with Crippen molar-refractivity contribution in [3.05, 3.63) is 59.7 Å². The van der Waals surface area contributed by atoms with E-state index in [-0.39, 0.29) is 30.3 Å². The molecule has 1 spiro atoms. The highest BCUT2D eigenvalue weighted by atomic mass is 32.2. The minimum atomic E-state index is -3.97. The molecule has 2 aromatic heterocycles. The van der Waals surface area contributed by atoms with E-state index in [0.29, 0.717) is 10.5 Å². The van der Waals surface area contributed by atoms with Crippen LogP contribution in [-0.4, -0.2) is 45.6 Å². The molecule has 2 aliphatic rings. The lowest BCUT2D eigenvalue weighted by Gasteiger charge is -2.45. The lowest BCUT2D eigenvalue weighted by atomic mass is 9.90. The molecule has 156 valence electrons. The van der Waals surface area contributed by atoms with Crippen molar-refractivity contribution in [1.29, 1.82) is 0 Å². The van der Waals surface area contributed by atoms with Gasteiger partial charge in [-0.15, -0.1) is 0 Å². The molecular weight excluding hydrogens is 416 g/mol. The minimum absolute atomic E-state index is 0.0652. The number of hydrogen-bond donors (Lipinski definition) is 0. The highest BCUT2D eigenvalue weighted by Gasteiger charge is 2.55. The average molecular weight is 433 g/mol. The Morgan fingerprint density at radius 3 is 2.57 bits per heavy atom. The van der Waals surface area contributed by atoms with Crippen LogP contribution in [0.2, 0.25) is 0 Å². The van der Waals surface area contributed by atoms with Gasteiger partial charge in [-0.25, -0.2) is 23.1 Å². The SMILES string of the molecule is Cc1c(S(=O)(=O)N2CC3(C2)OCc2nc(-c4ccccc4)ncc23)cnn1C(F)F. The molecule has 0 atom stereocenters. The van der Waals surface area contributed by atoms with Crippen molar-refractivity contribution in [3.8, 4) is 11.4 Å². The molecule has 0 N–H and O–H groups in total. The first-order chi connectivity index (χ1) is 14.3. The average Bonchev–Trinajstić information content (AvgIpc) is 3.28. The summed E-state index contributed by atoms with van der Waals surface area (Å²) in [6.45, 7) is -1.21. The molecule has 0 unspecified atom stereocenters. The van der Waals surface area contributed by atoms with Crippen molar-refractivity contribution in [3.63, 3.8) is 0 Å². The van der Waals surface area contributed by atoms with Gasteiger partial charge in [0.1, 0.15) is 10.5 Å². The minimum Gasteiger partial charge on any atom is -0.361 e. The summed E-state index contributed by atoms with van der Waals surface area (Å²) in [6, 6.07) is 9.53. The van der Waals surface area contributed by atoms with E-state index in [9.17, 15) is 17.2 Å². The van der Waals surface area contributed by atoms with Gasteiger partial charge < -0.3 is 4.74 Å². The van der Waals surface area contributed by atoms with Crippen LogP contribution in [0.1, 0.15) is 23.5 Å². The number of alkyl halides is 2. The van der Waals surface area contributed by atoms with Gasteiger partial charge in [0, 0.05) is 30.4 Å². The van der Waals surface area contributed by atoms with Gasteiger partial charge in [-0.05, 0) is 6.92 Å². The topological polar surface area (TPSA) is 90.2 Å². The van der Waals surface area contributed by atoms with Gasteiger partial charge in [0.25, 0.3) is 0 Å². The van der Waals surface area contributed by atoms with E-state index in [0.717, 1.165) is 23.0 Å². The summed E-state index contributed by atoms with van der Waals surface area (Å²) in [5.41, 5.74) is 1.45. The second-order valence-electron chi connectivity index (χ2n) is 7.29. The first kappa shape index (κ1) is 19.2. The number of fused-ring (bicyclic) bond motifs is 2. The van der Waals surface area contributed by atoms with Crippen LogP contribution in [0.4, 0.5) is 8.78 Å². The number of benzene rings is 1. The molecule has 1 saturated heterocycles. The summed E-state index contributed by atoms with van der Waals surface area (Å²) in [5.74, 6) is 0.578. The number of nitrogens with zero attached hydrogens (tertiary/aromatic N) is 5. The van der Waals surface area contributed by atoms with Crippen LogP contribution in [0.3, 0.4) is 0 Å². The molecule has 0 aliphatic carbocycles. The van der Waals surface area contributed by atoms with E-state index in [1.807, 2.05) is 30.3 Å². The van der Waals surface area contributed by atoms with E-state index < -0.39 is 22.2 Å². The van der Waals surface area contributed by atoms with Crippen LogP contribution in [0.5, 0.6) is 0 Å². The Kier molecular flexibility index (Phi) is 4.24. The Morgan fingerprint density at radius 1 is 1.17 bits per heavy atom. The molecule has 0 saturated carbocycles. The molecular formula is C19H17F2N5O3S. The van der Waals surface area contributed by atoms with E-state index in [4.69, 9.17) is 4.74 Å². The van der Waals surface area contributed by atoms with Gasteiger partial charge in [-0.2, -0.15) is 18.2 Å². The lowest BCUT2D eigenvalue weighted by molar-refractivity contribution is -0.112. The summed E-state index contributed by atoms with van der Waals surface area (Å²) in [4.78, 5) is 8.78. The zero-order valence-electron chi connectivity index (χ0n) is 15.9. The number of rotatable bonds is 4. The normalized spacial score (nSPS) is 18.0. The van der Waals surface area contributed by atoms with Crippen LogP contribution in [0, 0.1) is 6.92 Å². The van der Waals surface area contributed by atoms with Crippen molar-refractivity contribution < 1.29 is 21.9 Å². The maximum atomic E-state index is 12.9. The zero-order valence-corrected chi connectivity index (χ0v) is 16.7. The summed E-state index contributed by atoms with van der Waals surface area (Å²) in [7, 11) is -3.97. The molecule has 2 aliphatic heterocycles. The first-order valence-corrected chi connectivity index (χ1v) is 10.6. The quantitative estimate of drug-likeness (QED) is 0.628. The van der Waals surface area contributed by atoms with E-state index >= 15 is 0 Å². The molecule has 8 nitrogen and oxygen atoms in total. The standard InChI is InChI=1S/C19H17F2N5O3S/c1-12-16(8-23-26(12)18(20)21)30(27,28)25-10-19(11-25)14-7-22-17(24-15(14)9-29-19)13-5-3-2-4-6-13/h2-8,18H,9-11H2,1H3. The van der Waals surface area contributed by atoms with Crippen molar-refractivity contribution >= 4 is 10.0 Å². The first-order valence-electron chi connectivity index (χ1n) is 9.20. The van der Waals surface area contributed by atoms with Gasteiger partial charge in [0.05, 0.1) is 24.2 Å². The summed E-state index contributed by atoms with van der Waals surface area (Å²) in [6.07, 6.45) is 2.64. The number of ether oxygens (including phenoxy) is 1. The third-order valence-electron chi connectivity index (χ3n) is 5.54. The van der Waals surface area contributed by atoms with E-state index in [2.05, 4.69) is 15.1 Å². The maximum absolute atomic E-state index is 12.9. The number of sulfonamides is 1. The van der Waals surface area contributed by atoms with E-state index in [1.54, 1.807) is 6.20 Å².